The van der Waals surface area contributed by atoms with Crippen LogP contribution >= 0.6 is 0 Å². The monoisotopic (exact) mass is 226 g/mol. The zero-order chi connectivity index (χ0) is 11.8. The number of nitrogens with zero attached hydrogens (tertiary/aromatic N) is 5. The second-order valence-corrected chi connectivity index (χ2v) is 3.69. The zero-order valence-corrected chi connectivity index (χ0v) is 9.20. The summed E-state index contributed by atoms with van der Waals surface area (Å²) in [6.07, 6.45) is 0. The minimum atomic E-state index is 0.423. The molecule has 2 aromatic heterocycles. The molecule has 0 atom stereocenters. The SMILES string of the molecule is Cc1nc(N)cc(-n2nnc3ccccc32)n1. The van der Waals surface area contributed by atoms with Gasteiger partial charge in [-0.05, 0) is 19.1 Å². The van der Waals surface area contributed by atoms with Crippen molar-refractivity contribution >= 4 is 16.9 Å². The number of benzene rings is 1. The second-order valence-electron chi connectivity index (χ2n) is 3.69. The average molecular weight is 226 g/mol. The van der Waals surface area contributed by atoms with E-state index in [2.05, 4.69) is 20.3 Å². The van der Waals surface area contributed by atoms with Crippen LogP contribution < -0.4 is 5.73 Å². The first kappa shape index (κ1) is 9.71. The van der Waals surface area contributed by atoms with Gasteiger partial charge in [0.25, 0.3) is 0 Å². The lowest BCUT2D eigenvalue weighted by Crippen LogP contribution is -2.04. The molecule has 6 nitrogen and oxygen atoms in total. The number of nitrogens with two attached hydrogens (primary N) is 1. The number of aryl methyl sites for hydroxylation is 1. The molecule has 0 spiro atoms. The van der Waals surface area contributed by atoms with E-state index in [0.717, 1.165) is 11.0 Å². The van der Waals surface area contributed by atoms with Crippen molar-refractivity contribution in [2.45, 2.75) is 6.92 Å². The summed E-state index contributed by atoms with van der Waals surface area (Å²) in [4.78, 5) is 8.33. The maximum Gasteiger partial charge on any atom is 0.161 e. The first-order chi connectivity index (χ1) is 8.24. The third-order valence-electron chi connectivity index (χ3n) is 2.41. The molecule has 2 N–H and O–H groups in total. The van der Waals surface area contributed by atoms with Crippen molar-refractivity contribution in [1.82, 2.24) is 25.0 Å². The van der Waals surface area contributed by atoms with Gasteiger partial charge in [0.1, 0.15) is 17.2 Å². The van der Waals surface area contributed by atoms with E-state index in [0.29, 0.717) is 17.5 Å². The molecule has 0 fully saturated rings. The number of hydrogen-bond donors (Lipinski definition) is 1. The maximum atomic E-state index is 5.70. The van der Waals surface area contributed by atoms with Crippen molar-refractivity contribution in [3.05, 3.63) is 36.2 Å². The van der Waals surface area contributed by atoms with Crippen molar-refractivity contribution in [3.8, 4) is 5.82 Å². The Kier molecular flexibility index (Phi) is 2.01. The summed E-state index contributed by atoms with van der Waals surface area (Å²) in [6.45, 7) is 1.79. The molecule has 2 heterocycles. The molecule has 1 aromatic carbocycles. The van der Waals surface area contributed by atoms with E-state index in [-0.39, 0.29) is 0 Å². The van der Waals surface area contributed by atoms with Gasteiger partial charge in [0.15, 0.2) is 5.82 Å². The fraction of sp³-hybridized carbons (Fsp3) is 0.0909. The van der Waals surface area contributed by atoms with Crippen LogP contribution in [0, 0.1) is 6.92 Å². The molecule has 17 heavy (non-hydrogen) atoms. The van der Waals surface area contributed by atoms with E-state index in [1.54, 1.807) is 17.7 Å². The summed E-state index contributed by atoms with van der Waals surface area (Å²) < 4.78 is 1.65. The maximum absolute atomic E-state index is 5.70. The fourth-order valence-corrected chi connectivity index (χ4v) is 1.72. The Morgan fingerprint density at radius 1 is 1.18 bits per heavy atom. The third kappa shape index (κ3) is 1.59. The van der Waals surface area contributed by atoms with Crippen molar-refractivity contribution in [2.24, 2.45) is 0 Å². The summed E-state index contributed by atoms with van der Waals surface area (Å²) in [6, 6.07) is 9.36. The van der Waals surface area contributed by atoms with Gasteiger partial charge in [0.2, 0.25) is 0 Å². The van der Waals surface area contributed by atoms with Crippen LogP contribution in [0.2, 0.25) is 0 Å². The Hall–Kier alpha value is -2.50. The Bertz CT molecular complexity index is 667. The van der Waals surface area contributed by atoms with Crippen LogP contribution in [0.5, 0.6) is 0 Å². The van der Waals surface area contributed by atoms with E-state index in [4.69, 9.17) is 5.73 Å². The molecule has 3 rings (SSSR count). The van der Waals surface area contributed by atoms with Gasteiger partial charge in [-0.15, -0.1) is 5.10 Å². The molecule has 0 aliphatic heterocycles. The molecule has 0 amide bonds. The van der Waals surface area contributed by atoms with Gasteiger partial charge < -0.3 is 5.73 Å². The molecule has 0 unspecified atom stereocenters. The molecule has 0 aliphatic rings. The standard InChI is InChI=1S/C11H10N6/c1-7-13-10(12)6-11(14-7)17-9-5-3-2-4-8(9)15-16-17/h2-6H,1H3,(H2,12,13,14). The lowest BCUT2D eigenvalue weighted by Gasteiger charge is -2.03. The number of rotatable bonds is 1. The molecule has 3 aromatic rings. The normalized spacial score (nSPS) is 10.9. The summed E-state index contributed by atoms with van der Waals surface area (Å²) in [5.41, 5.74) is 7.41. The number of nitrogen functional groups attached to an aromatic ring is 1. The van der Waals surface area contributed by atoms with Crippen LogP contribution in [0.15, 0.2) is 30.3 Å². The minimum absolute atomic E-state index is 0.423. The van der Waals surface area contributed by atoms with Crippen molar-refractivity contribution in [3.63, 3.8) is 0 Å². The third-order valence-corrected chi connectivity index (χ3v) is 2.41. The highest BCUT2D eigenvalue weighted by Crippen LogP contribution is 2.15. The quantitative estimate of drug-likeness (QED) is 0.671. The number of anilines is 1. The molecule has 6 heteroatoms. The zero-order valence-electron chi connectivity index (χ0n) is 9.20. The molecule has 0 saturated carbocycles. The molecule has 0 bridgehead atoms. The van der Waals surface area contributed by atoms with Crippen LogP contribution in [0.25, 0.3) is 16.9 Å². The van der Waals surface area contributed by atoms with E-state index in [1.807, 2.05) is 24.3 Å². The Balaban J connectivity index is 2.27. The van der Waals surface area contributed by atoms with Crippen molar-refractivity contribution in [1.29, 1.82) is 0 Å². The predicted octanol–water partition coefficient (Wildman–Crippen LogP) is 1.10. The second kappa shape index (κ2) is 3.51. The van der Waals surface area contributed by atoms with Gasteiger partial charge in [-0.25, -0.2) is 9.97 Å². The van der Waals surface area contributed by atoms with E-state index >= 15 is 0 Å². The molecule has 0 radical (unpaired) electrons. The van der Waals surface area contributed by atoms with Gasteiger partial charge in [0, 0.05) is 6.07 Å². The van der Waals surface area contributed by atoms with Crippen LogP contribution in [0.1, 0.15) is 5.82 Å². The van der Waals surface area contributed by atoms with Crippen molar-refractivity contribution < 1.29 is 0 Å². The van der Waals surface area contributed by atoms with Gasteiger partial charge in [-0.1, -0.05) is 17.3 Å². The first-order valence-corrected chi connectivity index (χ1v) is 5.16. The molecular formula is C11H10N6. The summed E-state index contributed by atoms with van der Waals surface area (Å²) in [7, 11) is 0. The smallest absolute Gasteiger partial charge is 0.161 e. The summed E-state index contributed by atoms with van der Waals surface area (Å²) in [5, 5.41) is 8.13. The van der Waals surface area contributed by atoms with E-state index in [9.17, 15) is 0 Å². The lowest BCUT2D eigenvalue weighted by molar-refractivity contribution is 0.791. The Morgan fingerprint density at radius 2 is 2.00 bits per heavy atom. The molecule has 84 valence electrons. The fourth-order valence-electron chi connectivity index (χ4n) is 1.72. The highest BCUT2D eigenvalue weighted by molar-refractivity contribution is 5.75. The Morgan fingerprint density at radius 3 is 2.82 bits per heavy atom. The molecule has 0 saturated heterocycles. The minimum Gasteiger partial charge on any atom is -0.384 e. The van der Waals surface area contributed by atoms with Crippen LogP contribution in [-0.4, -0.2) is 25.0 Å². The van der Waals surface area contributed by atoms with Crippen LogP contribution in [0.4, 0.5) is 5.82 Å². The highest BCUT2D eigenvalue weighted by atomic mass is 15.4. The lowest BCUT2D eigenvalue weighted by atomic mass is 10.3. The molecular weight excluding hydrogens is 216 g/mol. The van der Waals surface area contributed by atoms with Gasteiger partial charge in [-0.3, -0.25) is 0 Å². The number of hydrogen-bond acceptors (Lipinski definition) is 5. The number of aromatic nitrogens is 5. The van der Waals surface area contributed by atoms with Crippen LogP contribution in [0.3, 0.4) is 0 Å². The summed E-state index contributed by atoms with van der Waals surface area (Å²) in [5.74, 6) is 1.66. The number of para-hydroxylation sites is 1. The van der Waals surface area contributed by atoms with E-state index in [1.165, 1.54) is 0 Å². The topological polar surface area (TPSA) is 82.5 Å². The summed E-state index contributed by atoms with van der Waals surface area (Å²) >= 11 is 0. The average Bonchev–Trinajstić information content (AvgIpc) is 2.71. The Labute approximate surface area is 97.1 Å². The van der Waals surface area contributed by atoms with Gasteiger partial charge in [-0.2, -0.15) is 4.68 Å². The van der Waals surface area contributed by atoms with Gasteiger partial charge >= 0.3 is 0 Å². The highest BCUT2D eigenvalue weighted by Gasteiger charge is 2.08. The first-order valence-electron chi connectivity index (χ1n) is 5.16. The largest absolute Gasteiger partial charge is 0.384 e. The predicted molar refractivity (Wildman–Crippen MR) is 63.6 cm³/mol. The van der Waals surface area contributed by atoms with Crippen molar-refractivity contribution in [2.75, 3.05) is 5.73 Å². The molecule has 0 aliphatic carbocycles. The van der Waals surface area contributed by atoms with E-state index < -0.39 is 0 Å². The van der Waals surface area contributed by atoms with Crippen LogP contribution in [-0.2, 0) is 0 Å². The number of fused-ring (bicyclic) bond motifs is 1. The van der Waals surface area contributed by atoms with Gasteiger partial charge in [0.05, 0.1) is 5.52 Å².